The van der Waals surface area contributed by atoms with Crippen molar-refractivity contribution in [1.82, 2.24) is 0 Å². The van der Waals surface area contributed by atoms with Crippen LogP contribution in [0.5, 0.6) is 0 Å². The highest BCUT2D eigenvalue weighted by molar-refractivity contribution is 7.92. The van der Waals surface area contributed by atoms with Crippen LogP contribution in [0.1, 0.15) is 5.56 Å². The summed E-state index contributed by atoms with van der Waals surface area (Å²) in [5.41, 5.74) is 0.629. The van der Waals surface area contributed by atoms with E-state index in [9.17, 15) is 18.5 Å². The number of nitrogens with zero attached hydrogens (tertiary/aromatic N) is 1. The molecule has 0 bridgehead atoms. The summed E-state index contributed by atoms with van der Waals surface area (Å²) in [6.07, 6.45) is 0. The SMILES string of the molecule is Cc1cc(NS(=O)(=O)CCCl)ccc1[N+](=O)[O-]. The summed E-state index contributed by atoms with van der Waals surface area (Å²) in [5.74, 6) is -0.216. The van der Waals surface area contributed by atoms with Crippen LogP contribution in [0, 0.1) is 17.0 Å². The van der Waals surface area contributed by atoms with Crippen LogP contribution in [0.3, 0.4) is 0 Å². The number of anilines is 1. The lowest BCUT2D eigenvalue weighted by atomic mass is 10.2. The Bertz CT molecular complexity index is 530. The second-order valence-electron chi connectivity index (χ2n) is 3.37. The van der Waals surface area contributed by atoms with Gasteiger partial charge in [0.15, 0.2) is 0 Å². The average molecular weight is 279 g/mol. The second kappa shape index (κ2) is 5.33. The molecule has 0 amide bonds. The van der Waals surface area contributed by atoms with Gasteiger partial charge in [0, 0.05) is 23.2 Å². The first-order valence-corrected chi connectivity index (χ1v) is 6.86. The third-order valence-corrected chi connectivity index (χ3v) is 3.71. The Balaban J connectivity index is 2.96. The highest BCUT2D eigenvalue weighted by atomic mass is 35.5. The zero-order valence-corrected chi connectivity index (χ0v) is 10.6. The number of benzene rings is 1. The molecule has 0 saturated heterocycles. The first kappa shape index (κ1) is 13.7. The number of nitro benzene ring substituents is 1. The van der Waals surface area contributed by atoms with Gasteiger partial charge < -0.3 is 0 Å². The molecule has 0 unspecified atom stereocenters. The van der Waals surface area contributed by atoms with E-state index in [4.69, 9.17) is 11.6 Å². The smallest absolute Gasteiger partial charge is 0.272 e. The number of sulfonamides is 1. The largest absolute Gasteiger partial charge is 0.284 e. The normalized spacial score (nSPS) is 11.2. The summed E-state index contributed by atoms with van der Waals surface area (Å²) in [6, 6.07) is 4.01. The molecule has 0 heterocycles. The van der Waals surface area contributed by atoms with Crippen molar-refractivity contribution in [2.45, 2.75) is 6.92 Å². The third kappa shape index (κ3) is 3.86. The van der Waals surface area contributed by atoms with Gasteiger partial charge in [0.2, 0.25) is 10.0 Å². The van der Waals surface area contributed by atoms with E-state index in [2.05, 4.69) is 4.72 Å². The zero-order valence-electron chi connectivity index (χ0n) is 9.01. The average Bonchev–Trinajstić information content (AvgIpc) is 2.15. The molecule has 0 aliphatic heterocycles. The fourth-order valence-corrected chi connectivity index (χ4v) is 2.66. The van der Waals surface area contributed by atoms with Crippen LogP contribution in [0.15, 0.2) is 18.2 Å². The number of rotatable bonds is 5. The van der Waals surface area contributed by atoms with Crippen molar-refractivity contribution in [3.63, 3.8) is 0 Å². The molecule has 0 aliphatic carbocycles. The molecule has 6 nitrogen and oxygen atoms in total. The maximum absolute atomic E-state index is 11.4. The molecule has 0 radical (unpaired) electrons. The molecule has 0 saturated carbocycles. The quantitative estimate of drug-likeness (QED) is 0.506. The molecule has 0 fully saturated rings. The summed E-state index contributed by atoms with van der Waals surface area (Å²) < 4.78 is 25.1. The van der Waals surface area contributed by atoms with E-state index in [0.29, 0.717) is 11.3 Å². The Morgan fingerprint density at radius 2 is 2.12 bits per heavy atom. The molecule has 0 spiro atoms. The fraction of sp³-hybridized carbons (Fsp3) is 0.333. The molecular formula is C9H11ClN2O4S. The summed E-state index contributed by atoms with van der Waals surface area (Å²) in [5, 5.41) is 10.6. The lowest BCUT2D eigenvalue weighted by Crippen LogP contribution is -2.17. The number of halogens is 1. The number of alkyl halides is 1. The van der Waals surface area contributed by atoms with Gasteiger partial charge in [-0.25, -0.2) is 8.42 Å². The van der Waals surface area contributed by atoms with E-state index in [1.165, 1.54) is 25.1 Å². The van der Waals surface area contributed by atoms with Crippen LogP contribution in [0.4, 0.5) is 11.4 Å². The van der Waals surface area contributed by atoms with Gasteiger partial charge >= 0.3 is 0 Å². The van der Waals surface area contributed by atoms with Crippen LogP contribution in [0.2, 0.25) is 0 Å². The van der Waals surface area contributed by atoms with Crippen molar-refractivity contribution in [2.24, 2.45) is 0 Å². The van der Waals surface area contributed by atoms with E-state index >= 15 is 0 Å². The van der Waals surface area contributed by atoms with Crippen molar-refractivity contribution in [1.29, 1.82) is 0 Å². The van der Waals surface area contributed by atoms with Crippen molar-refractivity contribution >= 4 is 33.0 Å². The van der Waals surface area contributed by atoms with Crippen molar-refractivity contribution in [3.8, 4) is 0 Å². The Kier molecular flexibility index (Phi) is 4.30. The van der Waals surface area contributed by atoms with Crippen LogP contribution >= 0.6 is 11.6 Å². The third-order valence-electron chi connectivity index (χ3n) is 2.01. The van der Waals surface area contributed by atoms with Gasteiger partial charge in [-0.2, -0.15) is 0 Å². The van der Waals surface area contributed by atoms with E-state index in [0.717, 1.165) is 0 Å². The first-order chi connectivity index (χ1) is 7.85. The minimum Gasteiger partial charge on any atom is -0.284 e. The molecule has 8 heteroatoms. The number of nitro groups is 1. The van der Waals surface area contributed by atoms with Crippen molar-refractivity contribution in [2.75, 3.05) is 16.4 Å². The highest BCUT2D eigenvalue weighted by Gasteiger charge is 2.13. The van der Waals surface area contributed by atoms with Crippen molar-refractivity contribution in [3.05, 3.63) is 33.9 Å². The maximum atomic E-state index is 11.4. The molecule has 0 aromatic heterocycles. The molecule has 1 rings (SSSR count). The fourth-order valence-electron chi connectivity index (χ4n) is 1.26. The van der Waals surface area contributed by atoms with Crippen LogP contribution < -0.4 is 4.72 Å². The summed E-state index contributed by atoms with van der Waals surface area (Å²) in [4.78, 5) is 10.0. The Morgan fingerprint density at radius 3 is 2.59 bits per heavy atom. The second-order valence-corrected chi connectivity index (χ2v) is 5.59. The van der Waals surface area contributed by atoms with Gasteiger partial charge in [-0.3, -0.25) is 14.8 Å². The maximum Gasteiger partial charge on any atom is 0.272 e. The molecule has 0 atom stereocenters. The van der Waals surface area contributed by atoms with Crippen LogP contribution in [-0.4, -0.2) is 25.0 Å². The number of hydrogen-bond acceptors (Lipinski definition) is 4. The summed E-state index contributed by atoms with van der Waals surface area (Å²) >= 11 is 5.34. The van der Waals surface area contributed by atoms with Crippen LogP contribution in [0.25, 0.3) is 0 Å². The van der Waals surface area contributed by atoms with Gasteiger partial charge in [-0.05, 0) is 19.1 Å². The molecule has 1 aromatic rings. The highest BCUT2D eigenvalue weighted by Crippen LogP contribution is 2.22. The van der Waals surface area contributed by atoms with E-state index in [-0.39, 0.29) is 17.3 Å². The van der Waals surface area contributed by atoms with E-state index < -0.39 is 14.9 Å². The van der Waals surface area contributed by atoms with Gasteiger partial charge in [0.05, 0.1) is 10.7 Å². The Hall–Kier alpha value is -1.34. The number of hydrogen-bond donors (Lipinski definition) is 1. The zero-order chi connectivity index (χ0) is 13.1. The first-order valence-electron chi connectivity index (χ1n) is 4.67. The predicted molar refractivity (Wildman–Crippen MR) is 66.0 cm³/mol. The lowest BCUT2D eigenvalue weighted by molar-refractivity contribution is -0.385. The topological polar surface area (TPSA) is 89.3 Å². The minimum atomic E-state index is -3.49. The summed E-state index contributed by atoms with van der Waals surface area (Å²) in [6.45, 7) is 1.54. The van der Waals surface area contributed by atoms with Gasteiger partial charge in [0.1, 0.15) is 0 Å². The summed E-state index contributed by atoms with van der Waals surface area (Å²) in [7, 11) is -3.49. The molecule has 0 aliphatic rings. The monoisotopic (exact) mass is 278 g/mol. The van der Waals surface area contributed by atoms with Crippen LogP contribution in [-0.2, 0) is 10.0 Å². The minimum absolute atomic E-state index is 0.0126. The number of nitrogens with one attached hydrogen (secondary N) is 1. The van der Waals surface area contributed by atoms with E-state index in [1.807, 2.05) is 0 Å². The molecular weight excluding hydrogens is 268 g/mol. The van der Waals surface area contributed by atoms with Gasteiger partial charge in [-0.1, -0.05) is 0 Å². The molecule has 94 valence electrons. The molecule has 17 heavy (non-hydrogen) atoms. The predicted octanol–water partition coefficient (Wildman–Crippen LogP) is 1.88. The number of aryl methyl sites for hydroxylation is 1. The Labute approximate surface area is 104 Å². The Morgan fingerprint density at radius 1 is 1.47 bits per heavy atom. The molecule has 1 aromatic carbocycles. The van der Waals surface area contributed by atoms with Gasteiger partial charge in [0.25, 0.3) is 5.69 Å². The van der Waals surface area contributed by atoms with Gasteiger partial charge in [-0.15, -0.1) is 11.6 Å². The van der Waals surface area contributed by atoms with E-state index in [1.54, 1.807) is 0 Å². The lowest BCUT2D eigenvalue weighted by Gasteiger charge is -2.07. The molecule has 1 N–H and O–H groups in total. The van der Waals surface area contributed by atoms with Crippen molar-refractivity contribution < 1.29 is 13.3 Å². The standard InChI is InChI=1S/C9H11ClN2O4S/c1-7-6-8(2-3-9(7)12(13)14)11-17(15,16)5-4-10/h2-3,6,11H,4-5H2,1H3.